The van der Waals surface area contributed by atoms with Crippen LogP contribution in [0.3, 0.4) is 0 Å². The summed E-state index contributed by atoms with van der Waals surface area (Å²) in [7, 11) is 0. The molecule has 0 amide bonds. The van der Waals surface area contributed by atoms with E-state index in [4.69, 9.17) is 0 Å². The van der Waals surface area contributed by atoms with Gasteiger partial charge in [-0.1, -0.05) is 28.1 Å². The third-order valence-corrected chi connectivity index (χ3v) is 2.51. The maximum atomic E-state index is 3.41. The number of aromatic nitrogens is 1. The molecule has 2 aromatic rings. The van der Waals surface area contributed by atoms with Crippen molar-refractivity contribution in [3.63, 3.8) is 0 Å². The van der Waals surface area contributed by atoms with Crippen LogP contribution in [0.2, 0.25) is 0 Å². The van der Waals surface area contributed by atoms with E-state index in [1.165, 1.54) is 16.8 Å². The number of halogens is 1. The summed E-state index contributed by atoms with van der Waals surface area (Å²) >= 11 is 3.41. The van der Waals surface area contributed by atoms with Crippen molar-refractivity contribution in [1.82, 2.24) is 4.98 Å². The number of hydrogen-bond acceptors (Lipinski definition) is 0. The van der Waals surface area contributed by atoms with E-state index in [0.29, 0.717) is 0 Å². The number of aryl methyl sites for hydroxylation is 1. The Balaban J connectivity index is 2.41. The van der Waals surface area contributed by atoms with Gasteiger partial charge in [0.2, 0.25) is 0 Å². The normalized spacial score (nSPS) is 10.3. The molecular weight excluding hydrogens is 226 g/mol. The first-order valence-corrected chi connectivity index (χ1v) is 4.96. The molecule has 66 valence electrons. The highest BCUT2D eigenvalue weighted by Gasteiger charge is 1.98. The van der Waals surface area contributed by atoms with Crippen LogP contribution in [-0.4, -0.2) is 4.98 Å². The summed E-state index contributed by atoms with van der Waals surface area (Å²) < 4.78 is 1.11. The molecule has 0 saturated heterocycles. The van der Waals surface area contributed by atoms with E-state index in [1.807, 2.05) is 18.3 Å². The lowest BCUT2D eigenvalue weighted by atomic mass is 10.1. The van der Waals surface area contributed by atoms with Crippen molar-refractivity contribution in [3.05, 3.63) is 46.6 Å². The van der Waals surface area contributed by atoms with Crippen LogP contribution >= 0.6 is 15.9 Å². The molecule has 0 radical (unpaired) electrons. The number of hydrogen-bond donors (Lipinski definition) is 1. The fraction of sp³-hybridized carbons (Fsp3) is 0.0909. The lowest BCUT2D eigenvalue weighted by Gasteiger charge is -1.96. The standard InChI is InChI=1S/C11H10BrN/c1-8-6-11(13-7-8)9-2-4-10(12)5-3-9/h2-7,13H,1H3. The molecule has 2 heteroatoms. The minimum absolute atomic E-state index is 1.11. The molecule has 0 atom stereocenters. The van der Waals surface area contributed by atoms with Crippen LogP contribution in [0.1, 0.15) is 5.56 Å². The van der Waals surface area contributed by atoms with Gasteiger partial charge in [-0.2, -0.15) is 0 Å². The van der Waals surface area contributed by atoms with Crippen molar-refractivity contribution >= 4 is 15.9 Å². The van der Waals surface area contributed by atoms with Gasteiger partial charge in [-0.3, -0.25) is 0 Å². The Hall–Kier alpha value is -1.02. The molecule has 1 heterocycles. The van der Waals surface area contributed by atoms with Gasteiger partial charge in [-0.15, -0.1) is 0 Å². The van der Waals surface area contributed by atoms with Crippen molar-refractivity contribution in [2.24, 2.45) is 0 Å². The topological polar surface area (TPSA) is 15.8 Å². The molecule has 0 aliphatic heterocycles. The number of rotatable bonds is 1. The Morgan fingerprint density at radius 1 is 1.15 bits per heavy atom. The Labute approximate surface area is 85.9 Å². The molecule has 1 N–H and O–H groups in total. The highest BCUT2D eigenvalue weighted by atomic mass is 79.9. The quantitative estimate of drug-likeness (QED) is 0.776. The maximum absolute atomic E-state index is 3.41. The SMILES string of the molecule is Cc1c[nH]c(-c2ccc(Br)cc2)c1. The molecule has 0 bridgehead atoms. The summed E-state index contributed by atoms with van der Waals surface area (Å²) in [6.07, 6.45) is 2.01. The highest BCUT2D eigenvalue weighted by molar-refractivity contribution is 9.10. The van der Waals surface area contributed by atoms with Crippen molar-refractivity contribution in [2.45, 2.75) is 6.92 Å². The Kier molecular flexibility index (Phi) is 2.23. The van der Waals surface area contributed by atoms with Gasteiger partial charge >= 0.3 is 0 Å². The highest BCUT2D eigenvalue weighted by Crippen LogP contribution is 2.20. The van der Waals surface area contributed by atoms with Gasteiger partial charge in [0.1, 0.15) is 0 Å². The van der Waals surface area contributed by atoms with Crippen LogP contribution in [0.4, 0.5) is 0 Å². The summed E-state index contributed by atoms with van der Waals surface area (Å²) in [6, 6.07) is 10.4. The van der Waals surface area contributed by atoms with Crippen LogP contribution in [0.25, 0.3) is 11.3 Å². The lowest BCUT2D eigenvalue weighted by Crippen LogP contribution is -1.75. The first-order valence-electron chi connectivity index (χ1n) is 4.17. The zero-order valence-corrected chi connectivity index (χ0v) is 8.93. The number of nitrogens with one attached hydrogen (secondary N) is 1. The fourth-order valence-electron chi connectivity index (χ4n) is 1.30. The van der Waals surface area contributed by atoms with Gasteiger partial charge in [0.15, 0.2) is 0 Å². The summed E-state index contributed by atoms with van der Waals surface area (Å²) in [4.78, 5) is 3.23. The Morgan fingerprint density at radius 3 is 2.38 bits per heavy atom. The minimum Gasteiger partial charge on any atom is -0.361 e. The predicted molar refractivity (Wildman–Crippen MR) is 58.7 cm³/mol. The van der Waals surface area contributed by atoms with E-state index in [0.717, 1.165) is 4.47 Å². The van der Waals surface area contributed by atoms with Crippen molar-refractivity contribution in [3.8, 4) is 11.3 Å². The molecule has 2 rings (SSSR count). The van der Waals surface area contributed by atoms with E-state index in [1.54, 1.807) is 0 Å². The molecule has 0 aliphatic carbocycles. The van der Waals surface area contributed by atoms with Crippen LogP contribution in [0.15, 0.2) is 41.0 Å². The monoisotopic (exact) mass is 235 g/mol. The first-order chi connectivity index (χ1) is 6.25. The second-order valence-electron chi connectivity index (χ2n) is 3.10. The minimum atomic E-state index is 1.11. The summed E-state index contributed by atoms with van der Waals surface area (Å²) in [5.74, 6) is 0. The van der Waals surface area contributed by atoms with Crippen LogP contribution in [-0.2, 0) is 0 Å². The largest absolute Gasteiger partial charge is 0.361 e. The second-order valence-corrected chi connectivity index (χ2v) is 4.01. The van der Waals surface area contributed by atoms with E-state index in [9.17, 15) is 0 Å². The number of benzene rings is 1. The van der Waals surface area contributed by atoms with Crippen molar-refractivity contribution in [2.75, 3.05) is 0 Å². The Morgan fingerprint density at radius 2 is 1.85 bits per heavy atom. The molecule has 13 heavy (non-hydrogen) atoms. The molecule has 1 aromatic carbocycles. The third kappa shape index (κ3) is 1.83. The van der Waals surface area contributed by atoms with Gasteiger partial charge in [0.25, 0.3) is 0 Å². The zero-order chi connectivity index (χ0) is 9.26. The second kappa shape index (κ2) is 3.38. The van der Waals surface area contributed by atoms with Gasteiger partial charge in [0, 0.05) is 16.4 Å². The van der Waals surface area contributed by atoms with Crippen molar-refractivity contribution < 1.29 is 0 Å². The van der Waals surface area contributed by atoms with E-state index < -0.39 is 0 Å². The molecule has 1 aromatic heterocycles. The van der Waals surface area contributed by atoms with Gasteiger partial charge < -0.3 is 4.98 Å². The Bertz CT molecular complexity index is 400. The van der Waals surface area contributed by atoms with Crippen molar-refractivity contribution in [1.29, 1.82) is 0 Å². The maximum Gasteiger partial charge on any atom is 0.0456 e. The first kappa shape index (κ1) is 8.57. The summed E-state index contributed by atoms with van der Waals surface area (Å²) in [5.41, 5.74) is 3.65. The lowest BCUT2D eigenvalue weighted by molar-refractivity contribution is 1.38. The molecule has 0 unspecified atom stereocenters. The summed E-state index contributed by atoms with van der Waals surface area (Å²) in [5, 5.41) is 0. The average Bonchev–Trinajstić information content (AvgIpc) is 2.53. The number of aromatic amines is 1. The van der Waals surface area contributed by atoms with Gasteiger partial charge in [0.05, 0.1) is 0 Å². The molecular formula is C11H10BrN. The zero-order valence-electron chi connectivity index (χ0n) is 7.34. The fourth-order valence-corrected chi connectivity index (χ4v) is 1.56. The molecule has 1 nitrogen and oxygen atoms in total. The average molecular weight is 236 g/mol. The van der Waals surface area contributed by atoms with Gasteiger partial charge in [-0.25, -0.2) is 0 Å². The molecule has 0 aliphatic rings. The smallest absolute Gasteiger partial charge is 0.0456 e. The summed E-state index contributed by atoms with van der Waals surface area (Å²) in [6.45, 7) is 2.08. The molecule has 0 spiro atoms. The van der Waals surface area contributed by atoms with Crippen LogP contribution < -0.4 is 0 Å². The van der Waals surface area contributed by atoms with Gasteiger partial charge in [-0.05, 0) is 36.2 Å². The molecule has 0 fully saturated rings. The third-order valence-electron chi connectivity index (χ3n) is 1.98. The number of H-pyrrole nitrogens is 1. The van der Waals surface area contributed by atoms with Crippen LogP contribution in [0.5, 0.6) is 0 Å². The predicted octanol–water partition coefficient (Wildman–Crippen LogP) is 3.75. The van der Waals surface area contributed by atoms with E-state index in [-0.39, 0.29) is 0 Å². The van der Waals surface area contributed by atoms with E-state index in [2.05, 4.69) is 46.0 Å². The van der Waals surface area contributed by atoms with E-state index >= 15 is 0 Å². The van der Waals surface area contributed by atoms with Crippen LogP contribution in [0, 0.1) is 6.92 Å². The molecule has 0 saturated carbocycles.